The van der Waals surface area contributed by atoms with Gasteiger partial charge in [-0.05, 0) is 0 Å². The van der Waals surface area contributed by atoms with Gasteiger partial charge in [0.1, 0.15) is 0 Å². The Bertz CT molecular complexity index is 839. The van der Waals surface area contributed by atoms with E-state index in [4.69, 9.17) is 4.74 Å². The molecule has 1 aliphatic heterocycles. The van der Waals surface area contributed by atoms with E-state index >= 15 is 0 Å². The van der Waals surface area contributed by atoms with Gasteiger partial charge in [-0.3, -0.25) is 14.7 Å². The van der Waals surface area contributed by atoms with Crippen LogP contribution in [0.2, 0.25) is 0 Å². The van der Waals surface area contributed by atoms with Crippen molar-refractivity contribution in [3.8, 4) is 0 Å². The van der Waals surface area contributed by atoms with Crippen molar-refractivity contribution in [3.63, 3.8) is 0 Å². The highest BCUT2D eigenvalue weighted by atomic mass is 19.1. The van der Waals surface area contributed by atoms with Gasteiger partial charge in [0.15, 0.2) is 29.4 Å². The zero-order valence-electron chi connectivity index (χ0n) is 16.0. The van der Waals surface area contributed by atoms with E-state index in [2.05, 4.69) is 20.3 Å². The monoisotopic (exact) mass is 380 g/mol. The topological polar surface area (TPSA) is 105 Å². The van der Waals surface area contributed by atoms with Gasteiger partial charge < -0.3 is 14.7 Å². The minimum absolute atomic E-state index is 0.117. The first-order valence-electron chi connectivity index (χ1n) is 8.87. The van der Waals surface area contributed by atoms with Crippen LogP contribution in [0, 0.1) is 11.8 Å². The van der Waals surface area contributed by atoms with Crippen LogP contribution in [-0.2, 0) is 9.53 Å². The number of alkyl halides is 1. The molecule has 0 aromatic carbocycles. The number of hydrogen-bond donors (Lipinski definition) is 2. The van der Waals surface area contributed by atoms with Gasteiger partial charge in [-0.25, -0.2) is 9.37 Å². The third-order valence-corrected chi connectivity index (χ3v) is 4.72. The van der Waals surface area contributed by atoms with E-state index in [1.54, 1.807) is 39.8 Å². The number of hydrogen-bond acceptors (Lipinski definition) is 7. The smallest absolute Gasteiger partial charge is 0.233 e. The van der Waals surface area contributed by atoms with Crippen LogP contribution in [0.25, 0.3) is 11.2 Å². The predicted molar refractivity (Wildman–Crippen MR) is 98.2 cm³/mol. The average Bonchev–Trinajstić information content (AvgIpc) is 3.15. The number of nitrogens with one attached hydrogen (secondary N) is 1. The Morgan fingerprint density at radius 2 is 2.15 bits per heavy atom. The lowest BCUT2D eigenvalue weighted by atomic mass is 10.0. The van der Waals surface area contributed by atoms with Crippen LogP contribution >= 0.6 is 0 Å². The van der Waals surface area contributed by atoms with Crippen LogP contribution in [0.1, 0.15) is 27.0 Å². The molecule has 0 aliphatic carbocycles. The molecule has 0 saturated carbocycles. The minimum atomic E-state index is -1.33. The fourth-order valence-electron chi connectivity index (χ4n) is 2.98. The number of nitrogens with zero attached hydrogens (tertiary/aromatic N) is 5. The molecule has 1 fully saturated rings. The number of rotatable bonds is 5. The summed E-state index contributed by atoms with van der Waals surface area (Å²) in [6, 6.07) is 0. The largest absolute Gasteiger partial charge is 0.394 e. The lowest BCUT2D eigenvalue weighted by molar-refractivity contribution is -0.118. The fraction of sp³-hybridized carbons (Fsp3) is 0.647. The quantitative estimate of drug-likeness (QED) is 0.807. The Balaban J connectivity index is 2.07. The van der Waals surface area contributed by atoms with Crippen molar-refractivity contribution in [2.45, 2.75) is 39.3 Å². The number of carbonyl (C=O) groups excluding carboxylic acids is 1. The highest BCUT2D eigenvalue weighted by Gasteiger charge is 2.43. The number of aliphatic hydroxyl groups is 1. The maximum Gasteiger partial charge on any atom is 0.233 e. The molecule has 1 aliphatic rings. The number of carbonyl (C=O) groups is 1. The summed E-state index contributed by atoms with van der Waals surface area (Å²) in [6.45, 7) is 4.96. The molecule has 2 aromatic rings. The molecule has 0 unspecified atom stereocenters. The summed E-state index contributed by atoms with van der Waals surface area (Å²) in [7, 11) is 3.59. The number of ether oxygens (including phenoxy) is 1. The van der Waals surface area contributed by atoms with Crippen molar-refractivity contribution >= 4 is 28.8 Å². The molecule has 10 heteroatoms. The molecular weight excluding hydrogens is 355 g/mol. The number of fused-ring (bicyclic) bond motifs is 1. The molecule has 3 rings (SSSR count). The van der Waals surface area contributed by atoms with Crippen molar-refractivity contribution in [2.75, 3.05) is 30.9 Å². The van der Waals surface area contributed by atoms with E-state index in [0.29, 0.717) is 17.0 Å². The summed E-state index contributed by atoms with van der Waals surface area (Å²) >= 11 is 0. The molecule has 0 radical (unpaired) electrons. The molecule has 1 saturated heterocycles. The van der Waals surface area contributed by atoms with Crippen LogP contribution in [0.5, 0.6) is 0 Å². The molecule has 3 heterocycles. The minimum Gasteiger partial charge on any atom is -0.394 e. The zero-order valence-corrected chi connectivity index (χ0v) is 16.0. The first-order chi connectivity index (χ1) is 12.7. The molecule has 148 valence electrons. The Morgan fingerprint density at radius 3 is 2.70 bits per heavy atom. The van der Waals surface area contributed by atoms with Gasteiger partial charge in [0, 0.05) is 25.9 Å². The second-order valence-corrected chi connectivity index (χ2v) is 7.28. The van der Waals surface area contributed by atoms with Gasteiger partial charge in [-0.15, -0.1) is 0 Å². The van der Waals surface area contributed by atoms with Gasteiger partial charge in [0.05, 0.1) is 19.0 Å². The molecule has 1 amide bonds. The van der Waals surface area contributed by atoms with Crippen LogP contribution in [0.15, 0.2) is 6.33 Å². The van der Waals surface area contributed by atoms with E-state index in [1.807, 2.05) is 0 Å². The lowest BCUT2D eigenvalue weighted by Crippen LogP contribution is -2.22. The Hall–Kier alpha value is -2.33. The zero-order chi connectivity index (χ0) is 19.9. The Morgan fingerprint density at radius 1 is 1.44 bits per heavy atom. The first-order valence-corrected chi connectivity index (χ1v) is 8.87. The molecule has 2 N–H and O–H groups in total. The average molecular weight is 380 g/mol. The summed E-state index contributed by atoms with van der Waals surface area (Å²) in [5.41, 5.74) is 0.824. The number of imidazole rings is 1. The number of anilines is 2. The first kappa shape index (κ1) is 19.4. The van der Waals surface area contributed by atoms with Gasteiger partial charge >= 0.3 is 0 Å². The van der Waals surface area contributed by atoms with Gasteiger partial charge in [-0.1, -0.05) is 20.8 Å². The van der Waals surface area contributed by atoms with Crippen LogP contribution in [0.4, 0.5) is 16.2 Å². The maximum atomic E-state index is 14.8. The standard InChI is InChI=1S/C17H25FN6O3/c1-8(2)15(26)22-17-20-13(23(4)5)12-14(21-17)24(7-19-12)16-11(18)9(3)10(6-25)27-16/h7-11,16,25H,6H2,1-5H3,(H,20,21,22,26)/t9-,10-,11+,16-/m1/s1. The third kappa shape index (κ3) is 3.46. The van der Waals surface area contributed by atoms with Gasteiger partial charge in [-0.2, -0.15) is 9.97 Å². The number of aromatic nitrogens is 4. The molecule has 9 nitrogen and oxygen atoms in total. The van der Waals surface area contributed by atoms with Crippen LogP contribution in [-0.4, -0.2) is 63.5 Å². The molecular formula is C17H25FN6O3. The molecule has 27 heavy (non-hydrogen) atoms. The number of aliphatic hydroxyl groups excluding tert-OH is 1. The molecule has 2 aromatic heterocycles. The fourth-order valence-corrected chi connectivity index (χ4v) is 2.98. The molecule has 4 atom stereocenters. The summed E-state index contributed by atoms with van der Waals surface area (Å²) in [4.78, 5) is 26.9. The van der Waals surface area contributed by atoms with Gasteiger partial charge in [0.2, 0.25) is 11.9 Å². The summed E-state index contributed by atoms with van der Waals surface area (Å²) in [6.07, 6.45) is -1.44. The summed E-state index contributed by atoms with van der Waals surface area (Å²) in [5, 5.41) is 12.1. The van der Waals surface area contributed by atoms with Crippen molar-refractivity contribution in [1.29, 1.82) is 0 Å². The Kier molecular flexibility index (Phi) is 5.29. The highest BCUT2D eigenvalue weighted by molar-refractivity contribution is 5.92. The third-order valence-electron chi connectivity index (χ3n) is 4.72. The van der Waals surface area contributed by atoms with Crippen molar-refractivity contribution in [2.24, 2.45) is 11.8 Å². The lowest BCUT2D eigenvalue weighted by Gasteiger charge is -2.17. The van der Waals surface area contributed by atoms with Crippen LogP contribution in [0.3, 0.4) is 0 Å². The van der Waals surface area contributed by atoms with E-state index in [1.165, 1.54) is 10.9 Å². The summed E-state index contributed by atoms with van der Waals surface area (Å²) in [5.74, 6) is -0.311. The molecule has 0 spiro atoms. The second kappa shape index (κ2) is 7.35. The van der Waals surface area contributed by atoms with Crippen molar-refractivity contribution in [3.05, 3.63) is 6.33 Å². The van der Waals surface area contributed by atoms with Crippen LogP contribution < -0.4 is 10.2 Å². The highest BCUT2D eigenvalue weighted by Crippen LogP contribution is 2.38. The SMILES string of the molecule is CC(C)C(=O)Nc1nc(N(C)C)c2ncn([C@@H]3O[C@H](CO)[C@@H](C)[C@@H]3F)c2n1. The Labute approximate surface area is 156 Å². The van der Waals surface area contributed by atoms with E-state index in [0.717, 1.165) is 0 Å². The second-order valence-electron chi connectivity index (χ2n) is 7.28. The van der Waals surface area contributed by atoms with Gasteiger partial charge in [0.25, 0.3) is 0 Å². The molecule has 0 bridgehead atoms. The number of amides is 1. The van der Waals surface area contributed by atoms with E-state index in [-0.39, 0.29) is 24.4 Å². The van der Waals surface area contributed by atoms with E-state index in [9.17, 15) is 14.3 Å². The predicted octanol–water partition coefficient (Wildman–Crippen LogP) is 1.35. The van der Waals surface area contributed by atoms with E-state index < -0.39 is 24.4 Å². The van der Waals surface area contributed by atoms with Crippen molar-refractivity contribution in [1.82, 2.24) is 19.5 Å². The number of halogens is 1. The normalized spacial score (nSPS) is 25.3. The summed E-state index contributed by atoms with van der Waals surface area (Å²) < 4.78 is 22.0. The van der Waals surface area contributed by atoms with Crippen molar-refractivity contribution < 1.29 is 19.0 Å². The maximum absolute atomic E-state index is 14.8.